The second-order valence-corrected chi connectivity index (χ2v) is 8.35. The van der Waals surface area contributed by atoms with E-state index in [1.807, 2.05) is 6.92 Å². The van der Waals surface area contributed by atoms with Crippen molar-refractivity contribution in [2.75, 3.05) is 24.5 Å². The Hall–Kier alpha value is -1.40. The lowest BCUT2D eigenvalue weighted by atomic mass is 10.2. The largest absolute Gasteiger partial charge is 0.312 e. The van der Waals surface area contributed by atoms with Gasteiger partial charge >= 0.3 is 0 Å². The van der Waals surface area contributed by atoms with Crippen molar-refractivity contribution in [3.8, 4) is 0 Å². The first-order valence-electron chi connectivity index (χ1n) is 8.41. The number of carbonyl (C=O) groups is 1. The number of benzene rings is 1. The summed E-state index contributed by atoms with van der Waals surface area (Å²) in [5.41, 5.74) is 1.68. The number of rotatable bonds is 3. The topological polar surface area (TPSA) is 57.7 Å². The van der Waals surface area contributed by atoms with E-state index in [2.05, 4.69) is 0 Å². The van der Waals surface area contributed by atoms with Crippen molar-refractivity contribution in [1.82, 2.24) is 4.31 Å². The van der Waals surface area contributed by atoms with Gasteiger partial charge < -0.3 is 4.90 Å². The Labute approximate surface area is 138 Å². The van der Waals surface area contributed by atoms with E-state index in [0.29, 0.717) is 24.4 Å². The van der Waals surface area contributed by atoms with Crippen molar-refractivity contribution in [2.45, 2.75) is 50.3 Å². The summed E-state index contributed by atoms with van der Waals surface area (Å²) < 4.78 is 27.3. The van der Waals surface area contributed by atoms with Gasteiger partial charge in [-0.05, 0) is 49.9 Å². The summed E-state index contributed by atoms with van der Waals surface area (Å²) in [6.07, 6.45) is 5.50. The van der Waals surface area contributed by atoms with E-state index in [0.717, 1.165) is 49.9 Å². The molecule has 3 rings (SSSR count). The van der Waals surface area contributed by atoms with Gasteiger partial charge in [0, 0.05) is 31.7 Å². The molecule has 0 N–H and O–H groups in total. The number of sulfonamides is 1. The number of anilines is 1. The number of hydrogen-bond acceptors (Lipinski definition) is 3. The van der Waals surface area contributed by atoms with Crippen molar-refractivity contribution in [3.05, 3.63) is 23.8 Å². The maximum Gasteiger partial charge on any atom is 0.243 e. The van der Waals surface area contributed by atoms with E-state index in [4.69, 9.17) is 0 Å². The molecule has 0 spiro atoms. The molecule has 2 heterocycles. The quantitative estimate of drug-likeness (QED) is 0.853. The van der Waals surface area contributed by atoms with E-state index in [9.17, 15) is 13.2 Å². The Balaban J connectivity index is 1.88. The van der Waals surface area contributed by atoms with Gasteiger partial charge in [-0.1, -0.05) is 12.8 Å². The average Bonchev–Trinajstić information content (AvgIpc) is 2.78. The van der Waals surface area contributed by atoms with Gasteiger partial charge in [0.05, 0.1) is 4.90 Å². The molecule has 6 heteroatoms. The molecule has 1 aromatic carbocycles. The number of hydrogen-bond donors (Lipinski definition) is 0. The van der Waals surface area contributed by atoms with Gasteiger partial charge in [-0.2, -0.15) is 4.31 Å². The molecule has 2 aliphatic heterocycles. The summed E-state index contributed by atoms with van der Waals surface area (Å²) in [6, 6.07) is 5.14. The summed E-state index contributed by atoms with van der Waals surface area (Å²) in [5, 5.41) is 0. The average molecular weight is 336 g/mol. The standard InChI is InChI=1S/C17H24N2O3S/c1-14-13-15(8-9-16(14)19-12-6-7-17(19)20)23(21,22)18-10-4-2-3-5-11-18/h8-9,13H,2-7,10-12H2,1H3. The molecule has 1 aromatic rings. The van der Waals surface area contributed by atoms with Crippen LogP contribution >= 0.6 is 0 Å². The highest BCUT2D eigenvalue weighted by Crippen LogP contribution is 2.29. The third-order valence-electron chi connectivity index (χ3n) is 4.74. The molecule has 0 radical (unpaired) electrons. The van der Waals surface area contributed by atoms with Crippen molar-refractivity contribution in [2.24, 2.45) is 0 Å². The van der Waals surface area contributed by atoms with Crippen LogP contribution in [0.4, 0.5) is 5.69 Å². The lowest BCUT2D eigenvalue weighted by molar-refractivity contribution is -0.117. The van der Waals surface area contributed by atoms with Gasteiger partial charge in [0.1, 0.15) is 0 Å². The predicted molar refractivity (Wildman–Crippen MR) is 90.0 cm³/mol. The second kappa shape index (κ2) is 6.61. The molecule has 0 bridgehead atoms. The zero-order valence-corrected chi connectivity index (χ0v) is 14.4. The van der Waals surface area contributed by atoms with Crippen LogP contribution in [0, 0.1) is 6.92 Å². The number of carbonyl (C=O) groups excluding carboxylic acids is 1. The van der Waals surface area contributed by atoms with Crippen molar-refractivity contribution in [1.29, 1.82) is 0 Å². The maximum absolute atomic E-state index is 12.8. The molecule has 0 aromatic heterocycles. The SMILES string of the molecule is Cc1cc(S(=O)(=O)N2CCCCCC2)ccc1N1CCCC1=O. The summed E-state index contributed by atoms with van der Waals surface area (Å²) >= 11 is 0. The third kappa shape index (κ3) is 3.28. The van der Waals surface area contributed by atoms with E-state index in [-0.39, 0.29) is 5.91 Å². The molecule has 0 unspecified atom stereocenters. The first-order chi connectivity index (χ1) is 11.0. The van der Waals surface area contributed by atoms with Gasteiger partial charge in [-0.15, -0.1) is 0 Å². The van der Waals surface area contributed by atoms with Gasteiger partial charge in [-0.3, -0.25) is 4.79 Å². The summed E-state index contributed by atoms with van der Waals surface area (Å²) in [5.74, 6) is 0.122. The van der Waals surface area contributed by atoms with Crippen LogP contribution in [0.15, 0.2) is 23.1 Å². The van der Waals surface area contributed by atoms with E-state index < -0.39 is 10.0 Å². The highest BCUT2D eigenvalue weighted by Gasteiger charge is 2.27. The molecule has 23 heavy (non-hydrogen) atoms. The zero-order valence-electron chi connectivity index (χ0n) is 13.6. The van der Waals surface area contributed by atoms with Crippen LogP contribution in [-0.2, 0) is 14.8 Å². The van der Waals surface area contributed by atoms with Crippen LogP contribution < -0.4 is 4.90 Å². The fourth-order valence-electron chi connectivity index (χ4n) is 3.43. The molecule has 0 atom stereocenters. The highest BCUT2D eigenvalue weighted by atomic mass is 32.2. The van der Waals surface area contributed by atoms with Crippen LogP contribution in [0.3, 0.4) is 0 Å². The summed E-state index contributed by atoms with van der Waals surface area (Å²) in [4.78, 5) is 14.0. The lowest BCUT2D eigenvalue weighted by Crippen LogP contribution is -2.32. The molecule has 2 saturated heterocycles. The second-order valence-electron chi connectivity index (χ2n) is 6.42. The van der Waals surface area contributed by atoms with Crippen LogP contribution in [-0.4, -0.2) is 38.3 Å². The minimum absolute atomic E-state index is 0.122. The minimum atomic E-state index is -3.43. The molecule has 0 saturated carbocycles. The van der Waals surface area contributed by atoms with E-state index in [1.54, 1.807) is 27.4 Å². The van der Waals surface area contributed by atoms with Gasteiger partial charge in [-0.25, -0.2) is 8.42 Å². The molecular weight excluding hydrogens is 312 g/mol. The molecule has 2 fully saturated rings. The Bertz CT molecular complexity index is 692. The number of amides is 1. The Kier molecular flexibility index (Phi) is 4.73. The number of aryl methyl sites for hydroxylation is 1. The van der Waals surface area contributed by atoms with E-state index in [1.165, 1.54) is 0 Å². The molecule has 0 aliphatic carbocycles. The summed E-state index contributed by atoms with van der Waals surface area (Å²) in [7, 11) is -3.43. The summed E-state index contributed by atoms with van der Waals surface area (Å²) in [6.45, 7) is 3.81. The van der Waals surface area contributed by atoms with Crippen LogP contribution in [0.25, 0.3) is 0 Å². The normalized spacial score (nSPS) is 20.7. The minimum Gasteiger partial charge on any atom is -0.312 e. The zero-order chi connectivity index (χ0) is 16.4. The number of nitrogens with zero attached hydrogens (tertiary/aromatic N) is 2. The van der Waals surface area contributed by atoms with Gasteiger partial charge in [0.15, 0.2) is 0 Å². The first-order valence-corrected chi connectivity index (χ1v) is 9.85. The molecule has 126 valence electrons. The third-order valence-corrected chi connectivity index (χ3v) is 6.63. The van der Waals surface area contributed by atoms with Crippen LogP contribution in [0.1, 0.15) is 44.1 Å². The van der Waals surface area contributed by atoms with Crippen molar-refractivity contribution < 1.29 is 13.2 Å². The molecule has 5 nitrogen and oxygen atoms in total. The molecular formula is C17H24N2O3S. The van der Waals surface area contributed by atoms with Crippen LogP contribution in [0.2, 0.25) is 0 Å². The fraction of sp³-hybridized carbons (Fsp3) is 0.588. The van der Waals surface area contributed by atoms with E-state index >= 15 is 0 Å². The Morgan fingerprint density at radius 3 is 2.22 bits per heavy atom. The highest BCUT2D eigenvalue weighted by molar-refractivity contribution is 7.89. The Morgan fingerprint density at radius 2 is 1.65 bits per heavy atom. The van der Waals surface area contributed by atoms with Crippen LogP contribution in [0.5, 0.6) is 0 Å². The monoisotopic (exact) mass is 336 g/mol. The maximum atomic E-state index is 12.8. The van der Waals surface area contributed by atoms with Crippen molar-refractivity contribution >= 4 is 21.6 Å². The molecule has 1 amide bonds. The predicted octanol–water partition coefficient (Wildman–Crippen LogP) is 2.69. The Morgan fingerprint density at radius 1 is 0.957 bits per heavy atom. The van der Waals surface area contributed by atoms with Gasteiger partial charge in [0.2, 0.25) is 15.9 Å². The first kappa shape index (κ1) is 16.5. The molecule has 2 aliphatic rings. The van der Waals surface area contributed by atoms with Gasteiger partial charge in [0.25, 0.3) is 0 Å². The smallest absolute Gasteiger partial charge is 0.243 e. The lowest BCUT2D eigenvalue weighted by Gasteiger charge is -2.22. The van der Waals surface area contributed by atoms with Crippen molar-refractivity contribution in [3.63, 3.8) is 0 Å². The fourth-order valence-corrected chi connectivity index (χ4v) is 5.03.